The van der Waals surface area contributed by atoms with Crippen LogP contribution in [0.15, 0.2) is 0 Å². The fourth-order valence-corrected chi connectivity index (χ4v) is 2.54. The molecular formula is C8H16N2. The average molecular weight is 140 g/mol. The molecule has 2 bridgehead atoms. The highest BCUT2D eigenvalue weighted by Crippen LogP contribution is 2.32. The third-order valence-electron chi connectivity index (χ3n) is 3.08. The number of piperidine rings is 2. The number of hydrogen-bond donors (Lipinski definition) is 1. The molecule has 0 spiro atoms. The molecule has 2 heteroatoms. The van der Waals surface area contributed by atoms with Crippen LogP contribution in [0, 0.1) is 5.92 Å². The van der Waals surface area contributed by atoms with E-state index in [1.807, 2.05) is 0 Å². The van der Waals surface area contributed by atoms with Gasteiger partial charge in [-0.25, -0.2) is 0 Å². The van der Waals surface area contributed by atoms with E-state index in [4.69, 9.17) is 5.73 Å². The molecule has 3 fully saturated rings. The van der Waals surface area contributed by atoms with Gasteiger partial charge in [0.1, 0.15) is 0 Å². The lowest BCUT2D eigenvalue weighted by molar-refractivity contribution is 0.0542. The zero-order chi connectivity index (χ0) is 7.14. The molecule has 2 saturated heterocycles. The van der Waals surface area contributed by atoms with Crippen LogP contribution in [0.2, 0.25) is 0 Å². The van der Waals surface area contributed by atoms with Crippen molar-refractivity contribution in [3.63, 3.8) is 0 Å². The van der Waals surface area contributed by atoms with Crippen LogP contribution in [-0.4, -0.2) is 30.6 Å². The summed E-state index contributed by atoms with van der Waals surface area (Å²) in [6.07, 6.45) is 4.03. The van der Waals surface area contributed by atoms with Crippen molar-refractivity contribution in [3.05, 3.63) is 0 Å². The monoisotopic (exact) mass is 140 g/mol. The third-order valence-corrected chi connectivity index (χ3v) is 3.08. The van der Waals surface area contributed by atoms with Crippen LogP contribution in [0.5, 0.6) is 0 Å². The summed E-state index contributed by atoms with van der Waals surface area (Å²) in [6.45, 7) is 1.29. The van der Waals surface area contributed by atoms with Gasteiger partial charge >= 0.3 is 0 Å². The molecule has 1 aliphatic carbocycles. The minimum Gasteiger partial charge on any atom is -0.326 e. The molecule has 0 amide bonds. The lowest BCUT2D eigenvalue weighted by Gasteiger charge is -2.47. The van der Waals surface area contributed by atoms with E-state index in [2.05, 4.69) is 11.9 Å². The van der Waals surface area contributed by atoms with Crippen LogP contribution in [0.1, 0.15) is 19.3 Å². The van der Waals surface area contributed by atoms with Crippen LogP contribution < -0.4 is 5.73 Å². The Morgan fingerprint density at radius 1 is 1.40 bits per heavy atom. The fourth-order valence-electron chi connectivity index (χ4n) is 2.54. The molecule has 2 heterocycles. The van der Waals surface area contributed by atoms with Gasteiger partial charge in [-0.05, 0) is 32.2 Å². The quantitative estimate of drug-likeness (QED) is 0.528. The molecule has 3 rings (SSSR count). The topological polar surface area (TPSA) is 29.3 Å². The summed E-state index contributed by atoms with van der Waals surface area (Å²) < 4.78 is 0. The molecule has 2 N–H and O–H groups in total. The van der Waals surface area contributed by atoms with Gasteiger partial charge in [-0.3, -0.25) is 0 Å². The van der Waals surface area contributed by atoms with Crippen molar-refractivity contribution in [1.82, 2.24) is 4.90 Å². The largest absolute Gasteiger partial charge is 0.326 e. The highest BCUT2D eigenvalue weighted by atomic mass is 15.2. The Kier molecular flexibility index (Phi) is 1.46. The first kappa shape index (κ1) is 6.62. The highest BCUT2D eigenvalue weighted by molar-refractivity contribution is 4.94. The SMILES string of the molecule is CN1C[C@@H]2CC[C@H]1[C@H](N)C2. The molecule has 0 aromatic rings. The number of hydrogen-bond acceptors (Lipinski definition) is 2. The Hall–Kier alpha value is -0.0800. The lowest BCUT2D eigenvalue weighted by atomic mass is 9.77. The van der Waals surface area contributed by atoms with Gasteiger partial charge in [0.25, 0.3) is 0 Å². The first-order valence-electron chi connectivity index (χ1n) is 4.23. The van der Waals surface area contributed by atoms with Crippen LogP contribution in [0.25, 0.3) is 0 Å². The number of likely N-dealkylation sites (N-methyl/N-ethyl adjacent to an activating group) is 1. The smallest absolute Gasteiger partial charge is 0.0244 e. The average Bonchev–Trinajstić information content (AvgIpc) is 1.86. The van der Waals surface area contributed by atoms with Crippen molar-refractivity contribution < 1.29 is 0 Å². The lowest BCUT2D eigenvalue weighted by Crippen LogP contribution is -2.57. The van der Waals surface area contributed by atoms with Gasteiger partial charge in [0, 0.05) is 18.6 Å². The summed E-state index contributed by atoms with van der Waals surface area (Å²) in [6, 6.07) is 1.17. The van der Waals surface area contributed by atoms with Crippen LogP contribution in [0.3, 0.4) is 0 Å². The molecule has 1 saturated carbocycles. The standard InChI is InChI=1S/C8H16N2/c1-10-5-6-2-3-8(10)7(9)4-6/h6-8H,2-5,9H2,1H3/t6-,7-,8+/m1/s1. The number of rotatable bonds is 0. The van der Waals surface area contributed by atoms with Gasteiger partial charge in [0.05, 0.1) is 0 Å². The van der Waals surface area contributed by atoms with E-state index in [0.717, 1.165) is 5.92 Å². The van der Waals surface area contributed by atoms with E-state index in [1.54, 1.807) is 0 Å². The Balaban J connectivity index is 2.11. The molecule has 3 aliphatic rings. The zero-order valence-corrected chi connectivity index (χ0v) is 6.59. The van der Waals surface area contributed by atoms with Gasteiger partial charge in [-0.2, -0.15) is 0 Å². The maximum atomic E-state index is 5.97. The van der Waals surface area contributed by atoms with Crippen molar-refractivity contribution in [2.45, 2.75) is 31.3 Å². The van der Waals surface area contributed by atoms with Gasteiger partial charge in [-0.1, -0.05) is 0 Å². The maximum Gasteiger partial charge on any atom is 0.0244 e. The Labute approximate surface area is 62.4 Å². The van der Waals surface area contributed by atoms with Crippen molar-refractivity contribution in [2.75, 3.05) is 13.6 Å². The van der Waals surface area contributed by atoms with Crippen molar-refractivity contribution in [3.8, 4) is 0 Å². The number of fused-ring (bicyclic) bond motifs is 3. The summed E-state index contributed by atoms with van der Waals surface area (Å²) in [7, 11) is 2.20. The molecule has 10 heavy (non-hydrogen) atoms. The molecule has 58 valence electrons. The third kappa shape index (κ3) is 0.867. The van der Waals surface area contributed by atoms with E-state index < -0.39 is 0 Å². The predicted octanol–water partition coefficient (Wildman–Crippen LogP) is 0.428. The second-order valence-corrected chi connectivity index (χ2v) is 3.85. The fraction of sp³-hybridized carbons (Fsp3) is 1.00. The molecule has 2 aliphatic heterocycles. The predicted molar refractivity (Wildman–Crippen MR) is 41.7 cm³/mol. The molecule has 2 nitrogen and oxygen atoms in total. The minimum absolute atomic E-state index is 0.470. The number of nitrogens with zero attached hydrogens (tertiary/aromatic N) is 1. The molecular weight excluding hydrogens is 124 g/mol. The first-order valence-corrected chi connectivity index (χ1v) is 4.23. The summed E-state index contributed by atoms with van der Waals surface area (Å²) in [4.78, 5) is 2.43. The highest BCUT2D eigenvalue weighted by Gasteiger charge is 2.36. The normalized spacial score (nSPS) is 48.0. The van der Waals surface area contributed by atoms with Crippen molar-refractivity contribution in [2.24, 2.45) is 11.7 Å². The molecule has 0 unspecified atom stereocenters. The number of nitrogens with two attached hydrogens (primary N) is 1. The van der Waals surface area contributed by atoms with Gasteiger partial charge in [-0.15, -0.1) is 0 Å². The Morgan fingerprint density at radius 3 is 2.60 bits per heavy atom. The Bertz CT molecular complexity index is 123. The molecule has 0 radical (unpaired) electrons. The summed E-state index contributed by atoms with van der Waals surface area (Å²) >= 11 is 0. The first-order chi connectivity index (χ1) is 4.77. The van der Waals surface area contributed by atoms with E-state index in [9.17, 15) is 0 Å². The van der Waals surface area contributed by atoms with Crippen molar-refractivity contribution >= 4 is 0 Å². The van der Waals surface area contributed by atoms with Crippen molar-refractivity contribution in [1.29, 1.82) is 0 Å². The molecule has 3 atom stereocenters. The van der Waals surface area contributed by atoms with Gasteiger partial charge in [0.2, 0.25) is 0 Å². The Morgan fingerprint density at radius 2 is 2.20 bits per heavy atom. The molecule has 0 aromatic carbocycles. The van der Waals surface area contributed by atoms with Crippen LogP contribution >= 0.6 is 0 Å². The minimum atomic E-state index is 0.470. The van der Waals surface area contributed by atoms with Gasteiger partial charge < -0.3 is 10.6 Å². The van der Waals surface area contributed by atoms with E-state index in [1.165, 1.54) is 25.8 Å². The maximum absolute atomic E-state index is 5.97. The van der Waals surface area contributed by atoms with Crippen LogP contribution in [-0.2, 0) is 0 Å². The second-order valence-electron chi connectivity index (χ2n) is 3.85. The van der Waals surface area contributed by atoms with E-state index in [0.29, 0.717) is 12.1 Å². The zero-order valence-electron chi connectivity index (χ0n) is 6.59. The van der Waals surface area contributed by atoms with E-state index in [-0.39, 0.29) is 0 Å². The summed E-state index contributed by atoms with van der Waals surface area (Å²) in [5.41, 5.74) is 5.97. The van der Waals surface area contributed by atoms with Gasteiger partial charge in [0.15, 0.2) is 0 Å². The van der Waals surface area contributed by atoms with E-state index >= 15 is 0 Å². The van der Waals surface area contributed by atoms with Crippen LogP contribution in [0.4, 0.5) is 0 Å². The summed E-state index contributed by atoms with van der Waals surface area (Å²) in [5.74, 6) is 0.907. The summed E-state index contributed by atoms with van der Waals surface area (Å²) in [5, 5.41) is 0. The second kappa shape index (κ2) is 2.21. The molecule has 0 aromatic heterocycles.